The maximum Gasteiger partial charge on any atom is 0.315 e. The van der Waals surface area contributed by atoms with Gasteiger partial charge in [-0.2, -0.15) is 0 Å². The van der Waals surface area contributed by atoms with Gasteiger partial charge in [-0.15, -0.1) is 0 Å². The number of urea groups is 1. The van der Waals surface area contributed by atoms with Crippen LogP contribution in [0.2, 0.25) is 0 Å². The first-order valence-electron chi connectivity index (χ1n) is 5.83. The summed E-state index contributed by atoms with van der Waals surface area (Å²) in [7, 11) is 3.97. The van der Waals surface area contributed by atoms with Crippen LogP contribution in [-0.4, -0.2) is 46.7 Å². The van der Waals surface area contributed by atoms with Gasteiger partial charge in [0.05, 0.1) is 18.6 Å². The molecule has 1 aliphatic rings. The van der Waals surface area contributed by atoms with Crippen molar-refractivity contribution in [3.63, 3.8) is 0 Å². The van der Waals surface area contributed by atoms with Gasteiger partial charge < -0.3 is 20.1 Å². The van der Waals surface area contributed by atoms with Gasteiger partial charge in [0.2, 0.25) is 0 Å². The lowest BCUT2D eigenvalue weighted by Crippen LogP contribution is -2.42. The van der Waals surface area contributed by atoms with E-state index in [0.717, 1.165) is 25.2 Å². The summed E-state index contributed by atoms with van der Waals surface area (Å²) in [4.78, 5) is 18.0. The molecular weight excluding hydrogens is 218 g/mol. The van der Waals surface area contributed by atoms with Gasteiger partial charge >= 0.3 is 6.03 Å². The van der Waals surface area contributed by atoms with Crippen LogP contribution >= 0.6 is 0 Å². The Balaban J connectivity index is 1.71. The van der Waals surface area contributed by atoms with Crippen LogP contribution in [0.15, 0.2) is 12.5 Å². The molecule has 6 nitrogen and oxygen atoms in total. The van der Waals surface area contributed by atoms with Gasteiger partial charge in [-0.05, 0) is 20.0 Å². The normalized spacial score (nSPS) is 20.5. The second-order valence-corrected chi connectivity index (χ2v) is 4.61. The molecule has 0 aliphatic carbocycles. The van der Waals surface area contributed by atoms with E-state index >= 15 is 0 Å². The average molecular weight is 237 g/mol. The molecule has 2 heterocycles. The summed E-state index contributed by atoms with van der Waals surface area (Å²) >= 11 is 0. The predicted octanol–water partition coefficient (Wildman–Crippen LogP) is -0.0766. The fraction of sp³-hybridized carbons (Fsp3) is 0.636. The molecule has 0 aromatic carbocycles. The Morgan fingerprint density at radius 1 is 1.59 bits per heavy atom. The summed E-state index contributed by atoms with van der Waals surface area (Å²) in [6.07, 6.45) is 4.64. The number of carbonyl (C=O) groups excluding carboxylic acids is 1. The standard InChI is InChI=1S/C11H19N5O/c1-15-4-3-9(6-15)14-11(17)12-5-10-7-16(2)8-13-10/h7-9H,3-6H2,1-2H3,(H2,12,14,17)/t9-/m1/s1. The van der Waals surface area contributed by atoms with Gasteiger partial charge in [-0.1, -0.05) is 0 Å². The van der Waals surface area contributed by atoms with Crippen molar-refractivity contribution in [3.8, 4) is 0 Å². The van der Waals surface area contributed by atoms with Crippen LogP contribution in [0.3, 0.4) is 0 Å². The molecule has 0 saturated carbocycles. The number of nitrogens with one attached hydrogen (secondary N) is 2. The summed E-state index contributed by atoms with van der Waals surface area (Å²) in [5, 5.41) is 5.77. The largest absolute Gasteiger partial charge is 0.340 e. The van der Waals surface area contributed by atoms with Crippen molar-refractivity contribution in [2.45, 2.75) is 19.0 Å². The Hall–Kier alpha value is -1.56. The number of hydrogen-bond acceptors (Lipinski definition) is 3. The highest BCUT2D eigenvalue weighted by molar-refractivity contribution is 5.74. The number of hydrogen-bond donors (Lipinski definition) is 2. The number of rotatable bonds is 3. The summed E-state index contributed by atoms with van der Waals surface area (Å²) < 4.78 is 1.86. The highest BCUT2D eigenvalue weighted by Crippen LogP contribution is 2.05. The molecule has 1 fully saturated rings. The van der Waals surface area contributed by atoms with Crippen molar-refractivity contribution in [1.82, 2.24) is 25.1 Å². The zero-order valence-electron chi connectivity index (χ0n) is 10.3. The monoisotopic (exact) mass is 237 g/mol. The first kappa shape index (κ1) is 11.9. The third-order valence-electron chi connectivity index (χ3n) is 2.91. The Morgan fingerprint density at radius 2 is 2.41 bits per heavy atom. The van der Waals surface area contributed by atoms with E-state index in [9.17, 15) is 4.79 Å². The summed E-state index contributed by atoms with van der Waals surface area (Å²) in [6, 6.07) is 0.152. The zero-order chi connectivity index (χ0) is 12.3. The molecule has 1 aromatic rings. The highest BCUT2D eigenvalue weighted by atomic mass is 16.2. The average Bonchev–Trinajstić information content (AvgIpc) is 2.85. The van der Waals surface area contributed by atoms with Crippen LogP contribution in [0.25, 0.3) is 0 Å². The van der Waals surface area contributed by atoms with Gasteiger partial charge in [-0.25, -0.2) is 9.78 Å². The van der Waals surface area contributed by atoms with Crippen molar-refractivity contribution >= 4 is 6.03 Å². The van der Waals surface area contributed by atoms with Crippen molar-refractivity contribution in [1.29, 1.82) is 0 Å². The van der Waals surface area contributed by atoms with Gasteiger partial charge in [0.25, 0.3) is 0 Å². The van der Waals surface area contributed by atoms with Gasteiger partial charge in [0.1, 0.15) is 0 Å². The van der Waals surface area contributed by atoms with Crippen molar-refractivity contribution in [2.75, 3.05) is 20.1 Å². The minimum Gasteiger partial charge on any atom is -0.340 e. The van der Waals surface area contributed by atoms with E-state index in [0.29, 0.717) is 6.54 Å². The molecule has 17 heavy (non-hydrogen) atoms. The molecule has 1 aromatic heterocycles. The topological polar surface area (TPSA) is 62.2 Å². The summed E-state index contributed by atoms with van der Waals surface area (Å²) in [6.45, 7) is 2.44. The number of likely N-dealkylation sites (N-methyl/N-ethyl adjacent to an activating group) is 1. The highest BCUT2D eigenvalue weighted by Gasteiger charge is 2.20. The minimum absolute atomic E-state index is 0.115. The number of carbonyl (C=O) groups is 1. The smallest absolute Gasteiger partial charge is 0.315 e. The van der Waals surface area contributed by atoms with E-state index in [1.807, 2.05) is 17.8 Å². The molecule has 0 unspecified atom stereocenters. The Bertz CT molecular complexity index is 389. The molecule has 0 spiro atoms. The SMILES string of the molecule is CN1CC[C@@H](NC(=O)NCc2cn(C)cn2)C1. The molecule has 0 bridgehead atoms. The van der Waals surface area contributed by atoms with Crippen LogP contribution in [0.5, 0.6) is 0 Å². The number of amides is 2. The fourth-order valence-corrected chi connectivity index (χ4v) is 2.02. The maximum atomic E-state index is 11.6. The Morgan fingerprint density at radius 3 is 3.00 bits per heavy atom. The van der Waals surface area contributed by atoms with Crippen LogP contribution in [0, 0.1) is 0 Å². The molecule has 1 aliphatic heterocycles. The van der Waals surface area contributed by atoms with E-state index in [4.69, 9.17) is 0 Å². The van der Waals surface area contributed by atoms with Crippen molar-refractivity contribution in [3.05, 3.63) is 18.2 Å². The number of nitrogens with zero attached hydrogens (tertiary/aromatic N) is 3. The predicted molar refractivity (Wildman–Crippen MR) is 64.5 cm³/mol. The molecule has 6 heteroatoms. The molecule has 1 atom stereocenters. The van der Waals surface area contributed by atoms with Gasteiger partial charge in [-0.3, -0.25) is 0 Å². The molecule has 1 saturated heterocycles. The minimum atomic E-state index is -0.115. The van der Waals surface area contributed by atoms with Crippen LogP contribution in [-0.2, 0) is 13.6 Å². The van der Waals surface area contributed by atoms with Crippen LogP contribution in [0.1, 0.15) is 12.1 Å². The van der Waals surface area contributed by atoms with E-state index in [1.165, 1.54) is 0 Å². The third-order valence-corrected chi connectivity index (χ3v) is 2.91. The first-order chi connectivity index (χ1) is 8.13. The first-order valence-corrected chi connectivity index (χ1v) is 5.83. The lowest BCUT2D eigenvalue weighted by atomic mass is 10.3. The second kappa shape index (κ2) is 5.18. The fourth-order valence-electron chi connectivity index (χ4n) is 2.02. The molecule has 2 rings (SSSR count). The molecule has 2 N–H and O–H groups in total. The maximum absolute atomic E-state index is 11.6. The third kappa shape index (κ3) is 3.45. The molecule has 94 valence electrons. The van der Waals surface area contributed by atoms with E-state index < -0.39 is 0 Å². The lowest BCUT2D eigenvalue weighted by Gasteiger charge is -2.13. The van der Waals surface area contributed by atoms with Gasteiger partial charge in [0.15, 0.2) is 0 Å². The number of aromatic nitrogens is 2. The van der Waals surface area contributed by atoms with Crippen molar-refractivity contribution < 1.29 is 4.79 Å². The number of aryl methyl sites for hydroxylation is 1. The quantitative estimate of drug-likeness (QED) is 0.773. The number of likely N-dealkylation sites (tertiary alicyclic amines) is 1. The Labute approximate surface area is 101 Å². The van der Waals surface area contributed by atoms with Crippen LogP contribution < -0.4 is 10.6 Å². The Kier molecular flexibility index (Phi) is 3.63. The van der Waals surface area contributed by atoms with E-state index in [-0.39, 0.29) is 12.1 Å². The van der Waals surface area contributed by atoms with Crippen molar-refractivity contribution in [2.24, 2.45) is 7.05 Å². The lowest BCUT2D eigenvalue weighted by molar-refractivity contribution is 0.236. The summed E-state index contributed by atoms with van der Waals surface area (Å²) in [5.74, 6) is 0. The molecule has 2 amide bonds. The molecule has 0 radical (unpaired) electrons. The van der Waals surface area contributed by atoms with E-state index in [1.54, 1.807) is 6.33 Å². The van der Waals surface area contributed by atoms with E-state index in [2.05, 4.69) is 27.6 Å². The second-order valence-electron chi connectivity index (χ2n) is 4.61. The summed E-state index contributed by atoms with van der Waals surface area (Å²) in [5.41, 5.74) is 0.867. The van der Waals surface area contributed by atoms with Gasteiger partial charge in [0, 0.05) is 25.8 Å². The number of imidazole rings is 1. The zero-order valence-corrected chi connectivity index (χ0v) is 10.3. The molecular formula is C11H19N5O. The van der Waals surface area contributed by atoms with Crippen LogP contribution in [0.4, 0.5) is 4.79 Å².